The molecule has 0 aromatic carbocycles. The van der Waals surface area contributed by atoms with Crippen LogP contribution in [0, 0.1) is 0 Å². The Morgan fingerprint density at radius 1 is 1.55 bits per heavy atom. The maximum Gasteiger partial charge on any atom is 0.124 e. The van der Waals surface area contributed by atoms with Gasteiger partial charge in [0.15, 0.2) is 0 Å². The summed E-state index contributed by atoms with van der Waals surface area (Å²) >= 11 is 0. The van der Waals surface area contributed by atoms with Crippen LogP contribution in [-0.4, -0.2) is 16.7 Å². The number of nitrogens with zero attached hydrogens (tertiary/aromatic N) is 1. The van der Waals surface area contributed by atoms with E-state index in [1.54, 1.807) is 0 Å². The molecule has 1 aromatic heterocycles. The minimum absolute atomic E-state index is 1.01. The molecule has 2 N–H and O–H groups in total. The molecule has 1 aromatic rings. The highest BCUT2D eigenvalue weighted by Crippen LogP contribution is 2.10. The van der Waals surface area contributed by atoms with Crippen molar-refractivity contribution in [2.45, 2.75) is 26.7 Å². The summed E-state index contributed by atoms with van der Waals surface area (Å²) in [4.78, 5) is 0. The van der Waals surface area contributed by atoms with Crippen molar-refractivity contribution in [1.82, 2.24) is 10.2 Å². The van der Waals surface area contributed by atoms with E-state index in [1.165, 1.54) is 5.56 Å². The number of nitrogens with one attached hydrogen (secondary N) is 2. The molecule has 0 aliphatic rings. The van der Waals surface area contributed by atoms with Gasteiger partial charge in [-0.1, -0.05) is 13.8 Å². The van der Waals surface area contributed by atoms with Crippen molar-refractivity contribution in [3.8, 4) is 0 Å². The van der Waals surface area contributed by atoms with E-state index in [4.69, 9.17) is 0 Å². The molecule has 0 atom stereocenters. The molecule has 0 aliphatic heterocycles. The van der Waals surface area contributed by atoms with Crippen molar-refractivity contribution in [3.63, 3.8) is 0 Å². The molecular formula is C8H15N3. The Hall–Kier alpha value is -0.990. The van der Waals surface area contributed by atoms with Gasteiger partial charge in [0.2, 0.25) is 0 Å². The molecular weight excluding hydrogens is 138 g/mol. The van der Waals surface area contributed by atoms with Crippen molar-refractivity contribution in [3.05, 3.63) is 11.8 Å². The summed E-state index contributed by atoms with van der Waals surface area (Å²) in [5.41, 5.74) is 1.26. The summed E-state index contributed by atoms with van der Waals surface area (Å²) in [6.07, 6.45) is 4.04. The Morgan fingerprint density at radius 2 is 2.36 bits per heavy atom. The van der Waals surface area contributed by atoms with E-state index in [2.05, 4.69) is 29.4 Å². The number of aryl methyl sites for hydroxylation is 1. The van der Waals surface area contributed by atoms with Crippen LogP contribution in [0.3, 0.4) is 0 Å². The second-order valence-electron chi connectivity index (χ2n) is 2.55. The predicted octanol–water partition coefficient (Wildman–Crippen LogP) is 1.79. The van der Waals surface area contributed by atoms with E-state index >= 15 is 0 Å². The van der Waals surface area contributed by atoms with Crippen LogP contribution in [-0.2, 0) is 6.42 Å². The largest absolute Gasteiger partial charge is 0.370 e. The van der Waals surface area contributed by atoms with Gasteiger partial charge in [0, 0.05) is 12.1 Å². The molecule has 0 amide bonds. The molecule has 0 saturated heterocycles. The second-order valence-corrected chi connectivity index (χ2v) is 2.55. The Labute approximate surface area is 67.2 Å². The zero-order chi connectivity index (χ0) is 8.10. The third kappa shape index (κ3) is 1.97. The number of hydrogen-bond donors (Lipinski definition) is 2. The molecule has 0 saturated carbocycles. The molecule has 0 bridgehead atoms. The predicted molar refractivity (Wildman–Crippen MR) is 46.7 cm³/mol. The van der Waals surface area contributed by atoms with Crippen molar-refractivity contribution < 1.29 is 0 Å². The molecule has 1 heterocycles. The van der Waals surface area contributed by atoms with Gasteiger partial charge in [0.05, 0.1) is 6.20 Å². The molecule has 0 fully saturated rings. The molecule has 0 spiro atoms. The maximum absolute atomic E-state index is 3.96. The molecule has 0 radical (unpaired) electrons. The zero-order valence-electron chi connectivity index (χ0n) is 7.15. The average Bonchev–Trinajstić information content (AvgIpc) is 2.47. The van der Waals surface area contributed by atoms with Crippen LogP contribution < -0.4 is 5.32 Å². The zero-order valence-corrected chi connectivity index (χ0v) is 7.15. The van der Waals surface area contributed by atoms with Crippen LogP contribution in [0.4, 0.5) is 5.82 Å². The topological polar surface area (TPSA) is 40.7 Å². The Morgan fingerprint density at radius 3 is 3.00 bits per heavy atom. The fourth-order valence-electron chi connectivity index (χ4n) is 0.982. The molecule has 62 valence electrons. The smallest absolute Gasteiger partial charge is 0.124 e. The van der Waals surface area contributed by atoms with Crippen molar-refractivity contribution in [2.75, 3.05) is 11.9 Å². The Bertz CT molecular complexity index is 205. The van der Waals surface area contributed by atoms with Crippen LogP contribution in [0.5, 0.6) is 0 Å². The Kier molecular flexibility index (Phi) is 2.95. The van der Waals surface area contributed by atoms with E-state index in [0.29, 0.717) is 0 Å². The lowest BCUT2D eigenvalue weighted by Gasteiger charge is -2.02. The van der Waals surface area contributed by atoms with Crippen molar-refractivity contribution in [1.29, 1.82) is 0 Å². The van der Waals surface area contributed by atoms with Gasteiger partial charge < -0.3 is 5.32 Å². The lowest BCUT2D eigenvalue weighted by atomic mass is 10.2. The molecule has 3 heteroatoms. The highest BCUT2D eigenvalue weighted by Gasteiger charge is 1.99. The molecule has 1 rings (SSSR count). The summed E-state index contributed by atoms with van der Waals surface area (Å²) in [5, 5.41) is 10.2. The van der Waals surface area contributed by atoms with Gasteiger partial charge in [-0.2, -0.15) is 5.10 Å². The number of rotatable bonds is 4. The molecule has 0 unspecified atom stereocenters. The third-order valence-electron chi connectivity index (χ3n) is 1.65. The Balaban J connectivity index is 2.54. The molecule has 0 aliphatic carbocycles. The van der Waals surface area contributed by atoms with Crippen molar-refractivity contribution >= 4 is 5.82 Å². The van der Waals surface area contributed by atoms with E-state index in [9.17, 15) is 0 Å². The molecule has 3 nitrogen and oxygen atoms in total. The van der Waals surface area contributed by atoms with Gasteiger partial charge in [-0.15, -0.1) is 0 Å². The lowest BCUT2D eigenvalue weighted by molar-refractivity contribution is 0.956. The van der Waals surface area contributed by atoms with Crippen molar-refractivity contribution in [2.24, 2.45) is 0 Å². The van der Waals surface area contributed by atoms with E-state index in [1.807, 2.05) is 6.20 Å². The number of anilines is 1. The first-order valence-corrected chi connectivity index (χ1v) is 4.14. The van der Waals surface area contributed by atoms with Gasteiger partial charge in [-0.05, 0) is 12.8 Å². The highest BCUT2D eigenvalue weighted by atomic mass is 15.2. The van der Waals surface area contributed by atoms with Gasteiger partial charge >= 0.3 is 0 Å². The van der Waals surface area contributed by atoms with Gasteiger partial charge in [0.1, 0.15) is 5.82 Å². The lowest BCUT2D eigenvalue weighted by Crippen LogP contribution is -2.01. The minimum atomic E-state index is 1.01. The summed E-state index contributed by atoms with van der Waals surface area (Å²) in [5.74, 6) is 1.08. The summed E-state index contributed by atoms with van der Waals surface area (Å²) in [7, 11) is 0. The third-order valence-corrected chi connectivity index (χ3v) is 1.65. The summed E-state index contributed by atoms with van der Waals surface area (Å²) < 4.78 is 0. The summed E-state index contributed by atoms with van der Waals surface area (Å²) in [6, 6.07) is 0. The van der Waals surface area contributed by atoms with E-state index < -0.39 is 0 Å². The first kappa shape index (κ1) is 8.11. The second kappa shape index (κ2) is 4.01. The average molecular weight is 153 g/mol. The van der Waals surface area contributed by atoms with Crippen LogP contribution in [0.2, 0.25) is 0 Å². The van der Waals surface area contributed by atoms with E-state index in [0.717, 1.165) is 25.2 Å². The number of aromatic nitrogens is 2. The minimum Gasteiger partial charge on any atom is -0.370 e. The summed E-state index contributed by atoms with van der Waals surface area (Å²) in [6.45, 7) is 5.28. The highest BCUT2D eigenvalue weighted by molar-refractivity contribution is 5.42. The number of aromatic amines is 1. The molecule has 11 heavy (non-hydrogen) atoms. The van der Waals surface area contributed by atoms with Gasteiger partial charge in [-0.3, -0.25) is 5.10 Å². The fraction of sp³-hybridized carbons (Fsp3) is 0.625. The fourth-order valence-corrected chi connectivity index (χ4v) is 0.982. The number of hydrogen-bond acceptors (Lipinski definition) is 2. The normalized spacial score (nSPS) is 10.0. The monoisotopic (exact) mass is 153 g/mol. The number of H-pyrrole nitrogens is 1. The quantitative estimate of drug-likeness (QED) is 0.692. The van der Waals surface area contributed by atoms with Crippen LogP contribution in [0.15, 0.2) is 6.20 Å². The standard InChI is InChI=1S/C8H15N3/c1-3-5-9-8-7(4-2)6-10-11-8/h6H,3-5H2,1-2H3,(H2,9,10,11). The maximum atomic E-state index is 3.96. The SMILES string of the molecule is CCCNc1[nH]ncc1CC. The van der Waals surface area contributed by atoms with Crippen LogP contribution >= 0.6 is 0 Å². The first-order chi connectivity index (χ1) is 5.38. The van der Waals surface area contributed by atoms with Gasteiger partial charge in [0.25, 0.3) is 0 Å². The van der Waals surface area contributed by atoms with Crippen LogP contribution in [0.1, 0.15) is 25.8 Å². The van der Waals surface area contributed by atoms with E-state index in [-0.39, 0.29) is 0 Å². The van der Waals surface area contributed by atoms with Crippen LogP contribution in [0.25, 0.3) is 0 Å². The first-order valence-electron chi connectivity index (χ1n) is 4.14. The van der Waals surface area contributed by atoms with Gasteiger partial charge in [-0.25, -0.2) is 0 Å².